The Morgan fingerprint density at radius 1 is 1.64 bits per heavy atom. The molecule has 1 aliphatic heterocycles. The Balaban J connectivity index is 1.91. The summed E-state index contributed by atoms with van der Waals surface area (Å²) in [5.41, 5.74) is 6.05. The van der Waals surface area contributed by atoms with Crippen LogP contribution in [0.25, 0.3) is 0 Å². The molecule has 0 amide bonds. The Morgan fingerprint density at radius 2 is 2.50 bits per heavy atom. The fraction of sp³-hybridized carbons (Fsp3) is 0.636. The lowest BCUT2D eigenvalue weighted by Gasteiger charge is -2.14. The first-order valence-electron chi connectivity index (χ1n) is 5.31. The highest BCUT2D eigenvalue weighted by molar-refractivity contribution is 5.09. The van der Waals surface area contributed by atoms with Gasteiger partial charge in [-0.25, -0.2) is 0 Å². The number of nitrogens with one attached hydrogen (secondary N) is 1. The summed E-state index contributed by atoms with van der Waals surface area (Å²) in [6, 6.07) is 4.57. The molecule has 0 spiro atoms. The molecule has 2 unspecified atom stereocenters. The van der Waals surface area contributed by atoms with E-state index in [-0.39, 0.29) is 6.04 Å². The highest BCUT2D eigenvalue weighted by Crippen LogP contribution is 2.21. The van der Waals surface area contributed by atoms with E-state index in [1.54, 1.807) is 0 Å². The molecule has 0 aliphatic carbocycles. The maximum absolute atomic E-state index is 6.05. The van der Waals surface area contributed by atoms with Crippen molar-refractivity contribution in [3.63, 3.8) is 0 Å². The molecular formula is C11H18N2O. The molecule has 3 N–H and O–H groups in total. The molecule has 78 valence electrons. The van der Waals surface area contributed by atoms with Crippen LogP contribution in [0.2, 0.25) is 0 Å². The molecule has 1 aromatic rings. The summed E-state index contributed by atoms with van der Waals surface area (Å²) < 4.78 is 5.50. The third kappa shape index (κ3) is 2.16. The van der Waals surface area contributed by atoms with E-state index in [2.05, 4.69) is 5.32 Å². The quantitative estimate of drug-likeness (QED) is 0.770. The Hall–Kier alpha value is -0.800. The van der Waals surface area contributed by atoms with Crippen molar-refractivity contribution in [2.45, 2.75) is 38.3 Å². The van der Waals surface area contributed by atoms with Gasteiger partial charge in [-0.05, 0) is 44.9 Å². The largest absolute Gasteiger partial charge is 0.465 e. The number of rotatable bonds is 3. The van der Waals surface area contributed by atoms with Crippen molar-refractivity contribution in [3.05, 3.63) is 23.7 Å². The van der Waals surface area contributed by atoms with Gasteiger partial charge in [-0.15, -0.1) is 0 Å². The fourth-order valence-corrected chi connectivity index (χ4v) is 2.03. The van der Waals surface area contributed by atoms with Gasteiger partial charge in [0.25, 0.3) is 0 Å². The predicted molar refractivity (Wildman–Crippen MR) is 56.0 cm³/mol. The smallest absolute Gasteiger partial charge is 0.120 e. The van der Waals surface area contributed by atoms with E-state index in [1.165, 1.54) is 12.8 Å². The predicted octanol–water partition coefficient (Wildman–Crippen LogP) is 1.73. The molecule has 1 saturated heterocycles. The summed E-state index contributed by atoms with van der Waals surface area (Å²) in [6.07, 6.45) is 3.49. The van der Waals surface area contributed by atoms with Crippen LogP contribution in [0.1, 0.15) is 36.8 Å². The fourth-order valence-electron chi connectivity index (χ4n) is 2.03. The van der Waals surface area contributed by atoms with Gasteiger partial charge in [-0.1, -0.05) is 0 Å². The van der Waals surface area contributed by atoms with E-state index < -0.39 is 0 Å². The van der Waals surface area contributed by atoms with Crippen molar-refractivity contribution in [3.8, 4) is 0 Å². The van der Waals surface area contributed by atoms with Crippen LogP contribution in [0.5, 0.6) is 0 Å². The maximum Gasteiger partial charge on any atom is 0.120 e. The van der Waals surface area contributed by atoms with Crippen molar-refractivity contribution < 1.29 is 4.42 Å². The van der Waals surface area contributed by atoms with E-state index in [0.717, 1.165) is 24.5 Å². The Kier molecular flexibility index (Phi) is 2.89. The summed E-state index contributed by atoms with van der Waals surface area (Å²) >= 11 is 0. The molecular weight excluding hydrogens is 176 g/mol. The first-order chi connectivity index (χ1) is 6.75. The lowest BCUT2D eigenvalue weighted by atomic mass is 10.0. The number of nitrogens with two attached hydrogens (primary N) is 1. The third-order valence-electron chi connectivity index (χ3n) is 2.83. The number of aryl methyl sites for hydroxylation is 1. The first kappa shape index (κ1) is 9.74. The molecule has 0 radical (unpaired) electrons. The summed E-state index contributed by atoms with van der Waals surface area (Å²) in [7, 11) is 0. The van der Waals surface area contributed by atoms with Crippen LogP contribution in [-0.4, -0.2) is 12.6 Å². The molecule has 3 nitrogen and oxygen atoms in total. The second kappa shape index (κ2) is 4.15. The van der Waals surface area contributed by atoms with Crippen LogP contribution < -0.4 is 11.1 Å². The Labute approximate surface area is 84.7 Å². The van der Waals surface area contributed by atoms with Gasteiger partial charge in [0.1, 0.15) is 11.5 Å². The molecule has 14 heavy (non-hydrogen) atoms. The van der Waals surface area contributed by atoms with E-state index in [4.69, 9.17) is 10.2 Å². The minimum atomic E-state index is 0.0410. The van der Waals surface area contributed by atoms with E-state index in [0.29, 0.717) is 6.04 Å². The van der Waals surface area contributed by atoms with Gasteiger partial charge in [0.05, 0.1) is 6.04 Å². The molecule has 0 saturated carbocycles. The highest BCUT2D eigenvalue weighted by Gasteiger charge is 2.19. The normalized spacial score (nSPS) is 24.0. The van der Waals surface area contributed by atoms with Gasteiger partial charge in [0, 0.05) is 6.04 Å². The highest BCUT2D eigenvalue weighted by atomic mass is 16.3. The van der Waals surface area contributed by atoms with Crippen LogP contribution in [0.15, 0.2) is 16.5 Å². The van der Waals surface area contributed by atoms with E-state index in [9.17, 15) is 0 Å². The van der Waals surface area contributed by atoms with Crippen LogP contribution >= 0.6 is 0 Å². The van der Waals surface area contributed by atoms with E-state index in [1.807, 2.05) is 19.1 Å². The molecule has 3 heteroatoms. The van der Waals surface area contributed by atoms with Gasteiger partial charge < -0.3 is 15.5 Å². The van der Waals surface area contributed by atoms with Crippen molar-refractivity contribution >= 4 is 0 Å². The second-order valence-corrected chi connectivity index (χ2v) is 4.08. The van der Waals surface area contributed by atoms with Crippen molar-refractivity contribution in [2.24, 2.45) is 5.73 Å². The van der Waals surface area contributed by atoms with Crippen LogP contribution in [0.4, 0.5) is 0 Å². The molecule has 2 atom stereocenters. The summed E-state index contributed by atoms with van der Waals surface area (Å²) in [5.74, 6) is 1.85. The van der Waals surface area contributed by atoms with Gasteiger partial charge >= 0.3 is 0 Å². The zero-order valence-corrected chi connectivity index (χ0v) is 8.62. The molecule has 0 aromatic carbocycles. The third-order valence-corrected chi connectivity index (χ3v) is 2.83. The number of furan rings is 1. The molecule has 2 heterocycles. The van der Waals surface area contributed by atoms with Gasteiger partial charge in [-0.2, -0.15) is 0 Å². The van der Waals surface area contributed by atoms with Gasteiger partial charge in [0.15, 0.2) is 0 Å². The van der Waals surface area contributed by atoms with Crippen LogP contribution in [-0.2, 0) is 0 Å². The number of hydrogen-bond acceptors (Lipinski definition) is 3. The molecule has 1 aromatic heterocycles. The minimum absolute atomic E-state index is 0.0410. The summed E-state index contributed by atoms with van der Waals surface area (Å²) in [6.45, 7) is 3.08. The van der Waals surface area contributed by atoms with Gasteiger partial charge in [0.2, 0.25) is 0 Å². The lowest BCUT2D eigenvalue weighted by molar-refractivity contribution is 0.405. The molecule has 1 aliphatic rings. The second-order valence-electron chi connectivity index (χ2n) is 4.08. The summed E-state index contributed by atoms with van der Waals surface area (Å²) in [5, 5.41) is 3.44. The Morgan fingerprint density at radius 3 is 3.07 bits per heavy atom. The van der Waals surface area contributed by atoms with Crippen molar-refractivity contribution in [1.82, 2.24) is 5.32 Å². The Bertz CT molecular complexity index is 289. The first-order valence-corrected chi connectivity index (χ1v) is 5.31. The van der Waals surface area contributed by atoms with E-state index >= 15 is 0 Å². The average Bonchev–Trinajstić information content (AvgIpc) is 2.75. The monoisotopic (exact) mass is 194 g/mol. The lowest BCUT2D eigenvalue weighted by Crippen LogP contribution is -2.26. The average molecular weight is 194 g/mol. The van der Waals surface area contributed by atoms with Crippen molar-refractivity contribution in [1.29, 1.82) is 0 Å². The zero-order chi connectivity index (χ0) is 9.97. The minimum Gasteiger partial charge on any atom is -0.465 e. The maximum atomic E-state index is 6.05. The summed E-state index contributed by atoms with van der Waals surface area (Å²) in [4.78, 5) is 0. The standard InChI is InChI=1S/C11H18N2O/c1-8-4-5-11(14-8)10(12)7-9-3-2-6-13-9/h4-5,9-10,13H,2-3,6-7,12H2,1H3. The van der Waals surface area contributed by atoms with Crippen LogP contribution in [0.3, 0.4) is 0 Å². The van der Waals surface area contributed by atoms with Crippen molar-refractivity contribution in [2.75, 3.05) is 6.54 Å². The van der Waals surface area contributed by atoms with Crippen LogP contribution in [0, 0.1) is 6.92 Å². The number of hydrogen-bond donors (Lipinski definition) is 2. The van der Waals surface area contributed by atoms with Gasteiger partial charge in [-0.3, -0.25) is 0 Å². The molecule has 1 fully saturated rings. The molecule has 0 bridgehead atoms. The topological polar surface area (TPSA) is 51.2 Å². The SMILES string of the molecule is Cc1ccc(C(N)CC2CCCN2)o1. The zero-order valence-electron chi connectivity index (χ0n) is 8.62. The molecule has 2 rings (SSSR count).